The van der Waals surface area contributed by atoms with Crippen molar-refractivity contribution in [3.63, 3.8) is 0 Å². The summed E-state index contributed by atoms with van der Waals surface area (Å²) in [6, 6.07) is 16.6. The zero-order valence-corrected chi connectivity index (χ0v) is 18.7. The van der Waals surface area contributed by atoms with Gasteiger partial charge < -0.3 is 19.5 Å². The van der Waals surface area contributed by atoms with Crippen molar-refractivity contribution < 1.29 is 4.74 Å². The van der Waals surface area contributed by atoms with Gasteiger partial charge in [-0.25, -0.2) is 0 Å². The fraction of sp³-hybridized carbons (Fsp3) is 0.333. The van der Waals surface area contributed by atoms with E-state index in [1.807, 2.05) is 24.4 Å². The summed E-state index contributed by atoms with van der Waals surface area (Å²) in [5, 5.41) is 4.28. The lowest BCUT2D eigenvalue weighted by Gasteiger charge is -2.28. The van der Waals surface area contributed by atoms with Crippen molar-refractivity contribution in [1.82, 2.24) is 19.8 Å². The normalized spacial score (nSPS) is 18.7. The van der Waals surface area contributed by atoms with Gasteiger partial charge in [-0.2, -0.15) is 0 Å². The molecule has 2 aromatic heterocycles. The summed E-state index contributed by atoms with van der Waals surface area (Å²) in [6.07, 6.45) is 1.84. The molecule has 1 aliphatic rings. The lowest BCUT2D eigenvalue weighted by molar-refractivity contribution is 0.164. The molecular formula is C24H28N4OS. The number of para-hydroxylation sites is 1. The first-order valence-corrected chi connectivity index (χ1v) is 10.7. The first-order chi connectivity index (χ1) is 14.5. The second-order valence-electron chi connectivity index (χ2n) is 7.69. The highest BCUT2D eigenvalue weighted by Gasteiger charge is 2.42. The molecular weight excluding hydrogens is 392 g/mol. The van der Waals surface area contributed by atoms with Crippen molar-refractivity contribution in [3.8, 4) is 5.69 Å². The molecule has 156 valence electrons. The molecule has 0 amide bonds. The third-order valence-electron chi connectivity index (χ3n) is 6.05. The molecule has 1 aliphatic heterocycles. The molecule has 0 unspecified atom stereocenters. The van der Waals surface area contributed by atoms with Crippen LogP contribution in [0.3, 0.4) is 0 Å². The summed E-state index contributed by atoms with van der Waals surface area (Å²) >= 11 is 5.75. The SMILES string of the molecule is COCCN1C(=S)N[C@H](c2ccccn2)[C@H]1c1c(C)c(C)n(-c2ccccc2)c1C. The summed E-state index contributed by atoms with van der Waals surface area (Å²) in [6.45, 7) is 7.94. The number of pyridine rings is 1. The van der Waals surface area contributed by atoms with Gasteiger partial charge in [-0.15, -0.1) is 0 Å². The van der Waals surface area contributed by atoms with Gasteiger partial charge in [0.15, 0.2) is 5.11 Å². The first-order valence-electron chi connectivity index (χ1n) is 10.3. The van der Waals surface area contributed by atoms with Crippen molar-refractivity contribution in [1.29, 1.82) is 0 Å². The molecule has 1 N–H and O–H groups in total. The first kappa shape index (κ1) is 20.6. The van der Waals surface area contributed by atoms with Crippen molar-refractivity contribution in [2.24, 2.45) is 0 Å². The topological polar surface area (TPSA) is 42.3 Å². The number of thiocarbonyl (C=S) groups is 1. The fourth-order valence-electron chi connectivity index (χ4n) is 4.56. The second-order valence-corrected chi connectivity index (χ2v) is 8.08. The quantitative estimate of drug-likeness (QED) is 0.598. The van der Waals surface area contributed by atoms with Gasteiger partial charge >= 0.3 is 0 Å². The molecule has 1 saturated heterocycles. The van der Waals surface area contributed by atoms with E-state index in [-0.39, 0.29) is 12.1 Å². The predicted octanol–water partition coefficient (Wildman–Crippen LogP) is 4.42. The molecule has 0 bridgehead atoms. The Labute approximate surface area is 183 Å². The van der Waals surface area contributed by atoms with Gasteiger partial charge in [0, 0.05) is 42.5 Å². The Hall–Kier alpha value is -2.70. The number of nitrogens with zero attached hydrogens (tertiary/aromatic N) is 3. The highest BCUT2D eigenvalue weighted by Crippen LogP contribution is 2.43. The molecule has 0 radical (unpaired) electrons. The van der Waals surface area contributed by atoms with Gasteiger partial charge in [0.2, 0.25) is 0 Å². The van der Waals surface area contributed by atoms with Gasteiger partial charge in [0.1, 0.15) is 0 Å². The van der Waals surface area contributed by atoms with Crippen molar-refractivity contribution >= 4 is 17.3 Å². The third kappa shape index (κ3) is 3.50. The molecule has 30 heavy (non-hydrogen) atoms. The van der Waals surface area contributed by atoms with Gasteiger partial charge in [-0.05, 0) is 62.8 Å². The van der Waals surface area contributed by atoms with E-state index < -0.39 is 0 Å². The Morgan fingerprint density at radius 2 is 1.77 bits per heavy atom. The van der Waals surface area contributed by atoms with Crippen LogP contribution < -0.4 is 5.32 Å². The maximum absolute atomic E-state index is 5.75. The molecule has 1 fully saturated rings. The van der Waals surface area contributed by atoms with E-state index in [1.54, 1.807) is 7.11 Å². The van der Waals surface area contributed by atoms with Crippen molar-refractivity contribution in [2.75, 3.05) is 20.3 Å². The summed E-state index contributed by atoms with van der Waals surface area (Å²) in [5.41, 5.74) is 7.24. The minimum atomic E-state index is -0.0148. The van der Waals surface area contributed by atoms with Crippen LogP contribution in [0.15, 0.2) is 54.7 Å². The molecule has 5 nitrogen and oxygen atoms in total. The van der Waals surface area contributed by atoms with Crippen LogP contribution in [0.2, 0.25) is 0 Å². The Morgan fingerprint density at radius 3 is 2.43 bits per heavy atom. The molecule has 6 heteroatoms. The van der Waals surface area contributed by atoms with Crippen LogP contribution in [0.4, 0.5) is 0 Å². The van der Waals surface area contributed by atoms with E-state index in [0.29, 0.717) is 6.61 Å². The Kier molecular flexibility index (Phi) is 5.88. The molecule has 1 aromatic carbocycles. The average molecular weight is 421 g/mol. The number of hydrogen-bond donors (Lipinski definition) is 1. The highest BCUT2D eigenvalue weighted by atomic mass is 32.1. The van der Waals surface area contributed by atoms with Gasteiger partial charge in [0.05, 0.1) is 24.4 Å². The number of benzene rings is 1. The number of hydrogen-bond acceptors (Lipinski definition) is 3. The Morgan fingerprint density at radius 1 is 1.03 bits per heavy atom. The van der Waals surface area contributed by atoms with Crippen LogP contribution in [0.1, 0.15) is 40.3 Å². The molecule has 2 atom stereocenters. The largest absolute Gasteiger partial charge is 0.383 e. The third-order valence-corrected chi connectivity index (χ3v) is 6.40. The number of methoxy groups -OCH3 is 1. The Balaban J connectivity index is 1.87. The summed E-state index contributed by atoms with van der Waals surface area (Å²) < 4.78 is 7.73. The van der Waals surface area contributed by atoms with Gasteiger partial charge in [-0.1, -0.05) is 24.3 Å². The van der Waals surface area contributed by atoms with Crippen molar-refractivity contribution in [3.05, 3.63) is 82.9 Å². The average Bonchev–Trinajstić information content (AvgIpc) is 3.20. The fourth-order valence-corrected chi connectivity index (χ4v) is 4.89. The van der Waals surface area contributed by atoms with E-state index >= 15 is 0 Å². The van der Waals surface area contributed by atoms with Crippen LogP contribution in [0, 0.1) is 20.8 Å². The maximum Gasteiger partial charge on any atom is 0.170 e. The van der Waals surface area contributed by atoms with Gasteiger partial charge in [0.25, 0.3) is 0 Å². The lowest BCUT2D eigenvalue weighted by atomic mass is 9.93. The monoisotopic (exact) mass is 420 g/mol. The summed E-state index contributed by atoms with van der Waals surface area (Å²) in [4.78, 5) is 6.90. The van der Waals surface area contributed by atoms with Crippen LogP contribution in [-0.4, -0.2) is 39.8 Å². The van der Waals surface area contributed by atoms with E-state index in [9.17, 15) is 0 Å². The van der Waals surface area contributed by atoms with Crippen LogP contribution in [0.5, 0.6) is 0 Å². The maximum atomic E-state index is 5.75. The predicted molar refractivity (Wildman–Crippen MR) is 124 cm³/mol. The number of nitrogens with one attached hydrogen (secondary N) is 1. The molecule has 3 heterocycles. The minimum absolute atomic E-state index is 0.0148. The second kappa shape index (κ2) is 8.58. The number of rotatable bonds is 6. The number of aromatic nitrogens is 2. The van der Waals surface area contributed by atoms with Crippen LogP contribution >= 0.6 is 12.2 Å². The molecule has 0 spiro atoms. The molecule has 4 rings (SSSR count). The van der Waals surface area contributed by atoms with Crippen LogP contribution in [0.25, 0.3) is 5.69 Å². The van der Waals surface area contributed by atoms with E-state index in [2.05, 4.69) is 70.9 Å². The molecule has 0 saturated carbocycles. The zero-order chi connectivity index (χ0) is 21.3. The zero-order valence-electron chi connectivity index (χ0n) is 17.9. The smallest absolute Gasteiger partial charge is 0.170 e. The van der Waals surface area contributed by atoms with Gasteiger partial charge in [-0.3, -0.25) is 4.98 Å². The lowest BCUT2D eigenvalue weighted by Crippen LogP contribution is -2.33. The van der Waals surface area contributed by atoms with Crippen molar-refractivity contribution in [2.45, 2.75) is 32.9 Å². The van der Waals surface area contributed by atoms with E-state index in [4.69, 9.17) is 17.0 Å². The Bertz CT molecular complexity index is 1030. The highest BCUT2D eigenvalue weighted by molar-refractivity contribution is 7.80. The summed E-state index contributed by atoms with van der Waals surface area (Å²) in [5.74, 6) is 0. The minimum Gasteiger partial charge on any atom is -0.383 e. The molecule has 0 aliphatic carbocycles. The number of ether oxygens (including phenoxy) is 1. The van der Waals surface area contributed by atoms with Crippen LogP contribution in [-0.2, 0) is 4.74 Å². The standard InChI is InChI=1S/C24H28N4OS/c1-16-17(2)28(19-10-6-5-7-11-19)18(3)21(16)23-22(20-12-8-9-13-25-20)26-24(30)27(23)14-15-29-4/h5-13,22-23H,14-15H2,1-4H3,(H,26,30)/t22-,23-/m1/s1. The summed E-state index contributed by atoms with van der Waals surface area (Å²) in [7, 11) is 1.73. The van der Waals surface area contributed by atoms with E-state index in [0.717, 1.165) is 17.4 Å². The molecule has 3 aromatic rings. The van der Waals surface area contributed by atoms with E-state index in [1.165, 1.54) is 28.2 Å².